The molecule has 0 fully saturated rings. The zero-order chi connectivity index (χ0) is 7.28. The second kappa shape index (κ2) is 4.23. The monoisotopic (exact) mass is 137 g/mol. The normalized spacial score (nSPS) is 9.78. The molecule has 0 aliphatic carbocycles. The molecule has 0 unspecified atom stereocenters. The number of hydrogen-bond donors (Lipinski definition) is 1. The Balaban J connectivity index is 3.17. The van der Waals surface area contributed by atoms with Crippen molar-refractivity contribution in [3.8, 4) is 0 Å². The summed E-state index contributed by atoms with van der Waals surface area (Å²) in [6, 6.07) is 0. The van der Waals surface area contributed by atoms with Gasteiger partial charge in [-0.25, -0.2) is 8.78 Å². The van der Waals surface area contributed by atoms with Crippen molar-refractivity contribution in [3.05, 3.63) is 0 Å². The van der Waals surface area contributed by atoms with E-state index in [1.165, 1.54) is 7.05 Å². The van der Waals surface area contributed by atoms with Gasteiger partial charge in [-0.3, -0.25) is 4.79 Å². The summed E-state index contributed by atoms with van der Waals surface area (Å²) in [7, 11) is 1.42. The standard InChI is InChI=1S/C5H9F2NO/c1-8-5(9)3-2-4(6)7/h4H,2-3H2,1H3,(H,8,9). The van der Waals surface area contributed by atoms with Gasteiger partial charge in [0.05, 0.1) is 0 Å². The van der Waals surface area contributed by atoms with Crippen molar-refractivity contribution >= 4 is 5.91 Å². The van der Waals surface area contributed by atoms with Crippen LogP contribution in [0.25, 0.3) is 0 Å². The number of carbonyl (C=O) groups is 1. The number of nitrogens with one attached hydrogen (secondary N) is 1. The maximum atomic E-state index is 11.4. The summed E-state index contributed by atoms with van der Waals surface area (Å²) in [6.45, 7) is 0. The minimum atomic E-state index is -2.37. The number of hydrogen-bond acceptors (Lipinski definition) is 1. The summed E-state index contributed by atoms with van der Waals surface area (Å²) in [6.07, 6.45) is -2.81. The van der Waals surface area contributed by atoms with Gasteiger partial charge in [0.25, 0.3) is 0 Å². The molecule has 1 amide bonds. The van der Waals surface area contributed by atoms with Crippen molar-refractivity contribution in [1.29, 1.82) is 0 Å². The first kappa shape index (κ1) is 8.33. The molecule has 0 saturated carbocycles. The van der Waals surface area contributed by atoms with Crippen LogP contribution in [-0.4, -0.2) is 19.4 Å². The predicted molar refractivity (Wildman–Crippen MR) is 29.3 cm³/mol. The third kappa shape index (κ3) is 5.20. The largest absolute Gasteiger partial charge is 0.359 e. The van der Waals surface area contributed by atoms with Crippen LogP contribution in [0.3, 0.4) is 0 Å². The van der Waals surface area contributed by atoms with E-state index in [0.29, 0.717) is 0 Å². The summed E-state index contributed by atoms with van der Waals surface area (Å²) in [5.41, 5.74) is 0. The van der Waals surface area contributed by atoms with Gasteiger partial charge in [-0.15, -0.1) is 0 Å². The lowest BCUT2D eigenvalue weighted by Gasteiger charge is -1.96. The molecule has 1 N–H and O–H groups in total. The fourth-order valence-corrected chi connectivity index (χ4v) is 0.365. The van der Waals surface area contributed by atoms with Crippen molar-refractivity contribution in [2.45, 2.75) is 19.3 Å². The Labute approximate surface area is 52.2 Å². The fraction of sp³-hybridized carbons (Fsp3) is 0.800. The quantitative estimate of drug-likeness (QED) is 0.611. The minimum Gasteiger partial charge on any atom is -0.359 e. The molecule has 0 rings (SSSR count). The summed E-state index contributed by atoms with van der Waals surface area (Å²) in [5.74, 6) is -0.338. The summed E-state index contributed by atoms with van der Waals surface area (Å²) >= 11 is 0. The average molecular weight is 137 g/mol. The highest BCUT2D eigenvalue weighted by Crippen LogP contribution is 2.01. The Morgan fingerprint density at radius 1 is 1.67 bits per heavy atom. The lowest BCUT2D eigenvalue weighted by Crippen LogP contribution is -2.17. The Kier molecular flexibility index (Phi) is 3.92. The molecule has 0 saturated heterocycles. The molecule has 0 aliphatic heterocycles. The lowest BCUT2D eigenvalue weighted by atomic mass is 10.3. The van der Waals surface area contributed by atoms with Crippen LogP contribution < -0.4 is 5.32 Å². The number of halogens is 2. The SMILES string of the molecule is CNC(=O)CCC(F)F. The van der Waals surface area contributed by atoms with Crippen molar-refractivity contribution in [1.82, 2.24) is 5.32 Å². The predicted octanol–water partition coefficient (Wildman–Crippen LogP) is 0.778. The van der Waals surface area contributed by atoms with Crippen LogP contribution in [0.2, 0.25) is 0 Å². The van der Waals surface area contributed by atoms with Crippen LogP contribution in [0.15, 0.2) is 0 Å². The molecule has 54 valence electrons. The molecule has 4 heteroatoms. The van der Waals surface area contributed by atoms with Crippen molar-refractivity contribution in [2.75, 3.05) is 7.05 Å². The van der Waals surface area contributed by atoms with E-state index in [4.69, 9.17) is 0 Å². The van der Waals surface area contributed by atoms with E-state index in [1.54, 1.807) is 0 Å². The van der Waals surface area contributed by atoms with Crippen LogP contribution in [0, 0.1) is 0 Å². The van der Waals surface area contributed by atoms with E-state index in [9.17, 15) is 13.6 Å². The molecule has 0 bridgehead atoms. The zero-order valence-electron chi connectivity index (χ0n) is 5.16. The second-order valence-electron chi connectivity index (χ2n) is 1.60. The maximum absolute atomic E-state index is 11.4. The number of carbonyl (C=O) groups excluding carboxylic acids is 1. The summed E-state index contributed by atoms with van der Waals surface area (Å²) < 4.78 is 22.7. The number of rotatable bonds is 3. The van der Waals surface area contributed by atoms with Gasteiger partial charge in [0, 0.05) is 19.9 Å². The van der Waals surface area contributed by atoms with E-state index in [2.05, 4.69) is 5.32 Å². The molecule has 0 radical (unpaired) electrons. The van der Waals surface area contributed by atoms with Crippen LogP contribution in [-0.2, 0) is 4.79 Å². The van der Waals surface area contributed by atoms with E-state index in [0.717, 1.165) is 0 Å². The molecule has 0 heterocycles. The third-order valence-electron chi connectivity index (χ3n) is 0.868. The molecule has 0 aliphatic rings. The Hall–Kier alpha value is -0.670. The molecule has 0 spiro atoms. The van der Waals surface area contributed by atoms with Gasteiger partial charge in [-0.1, -0.05) is 0 Å². The molecule has 0 aromatic carbocycles. The Morgan fingerprint density at radius 2 is 2.22 bits per heavy atom. The second-order valence-corrected chi connectivity index (χ2v) is 1.60. The fourth-order valence-electron chi connectivity index (χ4n) is 0.365. The zero-order valence-corrected chi connectivity index (χ0v) is 5.16. The minimum absolute atomic E-state index is 0.0891. The molecule has 2 nitrogen and oxygen atoms in total. The van der Waals surface area contributed by atoms with Crippen LogP contribution in [0.4, 0.5) is 8.78 Å². The maximum Gasteiger partial charge on any atom is 0.239 e. The molecule has 9 heavy (non-hydrogen) atoms. The molecule has 0 aromatic rings. The first-order chi connectivity index (χ1) is 4.16. The molecule has 0 aromatic heterocycles. The van der Waals surface area contributed by atoms with Gasteiger partial charge >= 0.3 is 0 Å². The highest BCUT2D eigenvalue weighted by Gasteiger charge is 2.04. The van der Waals surface area contributed by atoms with E-state index in [-0.39, 0.29) is 18.7 Å². The molecular formula is C5H9F2NO. The van der Waals surface area contributed by atoms with Crippen molar-refractivity contribution in [3.63, 3.8) is 0 Å². The van der Waals surface area contributed by atoms with Gasteiger partial charge < -0.3 is 5.32 Å². The Bertz CT molecular complexity index is 95.0. The van der Waals surface area contributed by atoms with Gasteiger partial charge in [0.2, 0.25) is 12.3 Å². The van der Waals surface area contributed by atoms with Gasteiger partial charge in [-0.05, 0) is 0 Å². The lowest BCUT2D eigenvalue weighted by molar-refractivity contribution is -0.121. The van der Waals surface area contributed by atoms with Crippen LogP contribution in [0.5, 0.6) is 0 Å². The molecular weight excluding hydrogens is 128 g/mol. The average Bonchev–Trinajstić information content (AvgIpc) is 1.83. The highest BCUT2D eigenvalue weighted by molar-refractivity contribution is 5.75. The van der Waals surface area contributed by atoms with Crippen molar-refractivity contribution < 1.29 is 13.6 Å². The third-order valence-corrected chi connectivity index (χ3v) is 0.868. The van der Waals surface area contributed by atoms with Gasteiger partial charge in [-0.2, -0.15) is 0 Å². The molecule has 0 atom stereocenters. The van der Waals surface area contributed by atoms with Crippen LogP contribution >= 0.6 is 0 Å². The van der Waals surface area contributed by atoms with Gasteiger partial charge in [0.1, 0.15) is 0 Å². The number of amides is 1. The summed E-state index contributed by atoms with van der Waals surface area (Å²) in [5, 5.41) is 2.25. The van der Waals surface area contributed by atoms with Gasteiger partial charge in [0.15, 0.2) is 0 Å². The van der Waals surface area contributed by atoms with E-state index in [1.807, 2.05) is 0 Å². The first-order valence-electron chi connectivity index (χ1n) is 2.65. The Morgan fingerprint density at radius 3 is 2.56 bits per heavy atom. The van der Waals surface area contributed by atoms with Crippen LogP contribution in [0.1, 0.15) is 12.8 Å². The number of alkyl halides is 2. The summed E-state index contributed by atoms with van der Waals surface area (Å²) in [4.78, 5) is 10.3. The highest BCUT2D eigenvalue weighted by atomic mass is 19.3. The van der Waals surface area contributed by atoms with E-state index >= 15 is 0 Å². The topological polar surface area (TPSA) is 29.1 Å². The smallest absolute Gasteiger partial charge is 0.239 e. The first-order valence-corrected chi connectivity index (χ1v) is 2.65. The van der Waals surface area contributed by atoms with E-state index < -0.39 is 6.43 Å². The van der Waals surface area contributed by atoms with Crippen molar-refractivity contribution in [2.24, 2.45) is 0 Å².